The molecule has 0 spiro atoms. The molecule has 7 nitrogen and oxygen atoms in total. The van der Waals surface area contributed by atoms with E-state index in [1.54, 1.807) is 0 Å². The van der Waals surface area contributed by atoms with Crippen molar-refractivity contribution in [3.05, 3.63) is 69.3 Å². The van der Waals surface area contributed by atoms with Crippen LogP contribution in [0, 0.1) is 28.7 Å². The largest absolute Gasteiger partial charge is 0.276 e. The normalized spacial score (nSPS) is 12.1. The van der Waals surface area contributed by atoms with E-state index in [1.165, 1.54) is 26.0 Å². The van der Waals surface area contributed by atoms with Gasteiger partial charge in [-0.3, -0.25) is 10.1 Å². The van der Waals surface area contributed by atoms with Crippen LogP contribution in [0.4, 0.5) is 14.5 Å². The zero-order valence-corrected chi connectivity index (χ0v) is 14.0. The quantitative estimate of drug-likeness (QED) is 0.497. The van der Waals surface area contributed by atoms with Gasteiger partial charge in [0.05, 0.1) is 15.5 Å². The summed E-state index contributed by atoms with van der Waals surface area (Å²) >= 11 is 0. The van der Waals surface area contributed by atoms with Crippen molar-refractivity contribution in [1.82, 2.24) is 4.83 Å². The third-order valence-electron chi connectivity index (χ3n) is 3.34. The maximum absolute atomic E-state index is 13.7. The molecule has 0 aliphatic rings. The van der Waals surface area contributed by atoms with Gasteiger partial charge in [0, 0.05) is 23.3 Å². The van der Waals surface area contributed by atoms with Crippen molar-refractivity contribution in [3.8, 4) is 0 Å². The van der Waals surface area contributed by atoms with Crippen molar-refractivity contribution >= 4 is 21.4 Å². The third-order valence-corrected chi connectivity index (χ3v) is 4.55. The molecule has 0 fully saturated rings. The van der Waals surface area contributed by atoms with Gasteiger partial charge in [-0.05, 0) is 32.0 Å². The highest BCUT2D eigenvalue weighted by Gasteiger charge is 2.19. The zero-order valence-electron chi connectivity index (χ0n) is 13.2. The molecule has 0 unspecified atom stereocenters. The minimum absolute atomic E-state index is 0.0392. The maximum atomic E-state index is 13.7. The summed E-state index contributed by atoms with van der Waals surface area (Å²) in [6.07, 6.45) is 0. The fourth-order valence-electron chi connectivity index (χ4n) is 1.98. The lowest BCUT2D eigenvalue weighted by Crippen LogP contribution is -2.20. The van der Waals surface area contributed by atoms with Gasteiger partial charge < -0.3 is 0 Å². The number of hydrogen-bond donors (Lipinski definition) is 1. The van der Waals surface area contributed by atoms with E-state index in [4.69, 9.17) is 0 Å². The minimum atomic E-state index is -4.20. The lowest BCUT2D eigenvalue weighted by molar-refractivity contribution is -0.385. The summed E-state index contributed by atoms with van der Waals surface area (Å²) in [5, 5.41) is 14.5. The van der Waals surface area contributed by atoms with Crippen molar-refractivity contribution in [1.29, 1.82) is 0 Å². The van der Waals surface area contributed by atoms with E-state index in [1.807, 2.05) is 4.83 Å². The number of nitro groups is 1. The van der Waals surface area contributed by atoms with E-state index in [2.05, 4.69) is 5.10 Å². The standard InChI is InChI=1S/C15H13F2N3O4S/c1-9-3-5-12(8-15(9)20(21)22)25(23,24)19-18-10(2)13-6-4-11(16)7-14(13)17/h3-8,19H,1-2H3/b18-10-. The van der Waals surface area contributed by atoms with E-state index in [0.717, 1.165) is 18.2 Å². The third kappa shape index (κ3) is 4.15. The first-order valence-electron chi connectivity index (χ1n) is 6.88. The predicted octanol–water partition coefficient (Wildman–Crippen LogP) is 2.88. The SMILES string of the molecule is C/C(=N/NS(=O)(=O)c1ccc(C)c([N+](=O)[O-])c1)c1ccc(F)cc1F. The van der Waals surface area contributed by atoms with Crippen LogP contribution in [-0.2, 0) is 10.0 Å². The molecule has 1 N–H and O–H groups in total. The molecule has 132 valence electrons. The zero-order chi connectivity index (χ0) is 18.8. The summed E-state index contributed by atoms with van der Waals surface area (Å²) in [6.45, 7) is 2.80. The predicted molar refractivity (Wildman–Crippen MR) is 86.7 cm³/mol. The van der Waals surface area contributed by atoms with Gasteiger partial charge >= 0.3 is 0 Å². The fraction of sp³-hybridized carbons (Fsp3) is 0.133. The molecular formula is C15H13F2N3O4S. The molecule has 0 bridgehead atoms. The Morgan fingerprint density at radius 2 is 1.88 bits per heavy atom. The molecular weight excluding hydrogens is 356 g/mol. The van der Waals surface area contributed by atoms with Crippen LogP contribution in [0.1, 0.15) is 18.1 Å². The second kappa shape index (κ2) is 6.93. The van der Waals surface area contributed by atoms with Gasteiger partial charge in [-0.25, -0.2) is 8.78 Å². The second-order valence-electron chi connectivity index (χ2n) is 5.12. The number of aryl methyl sites for hydroxylation is 1. The smallest absolute Gasteiger partial charge is 0.258 e. The van der Waals surface area contributed by atoms with Crippen LogP contribution >= 0.6 is 0 Å². The topological polar surface area (TPSA) is 102 Å². The highest BCUT2D eigenvalue weighted by atomic mass is 32.2. The molecule has 0 amide bonds. The Bertz CT molecular complexity index is 975. The van der Waals surface area contributed by atoms with E-state index in [-0.39, 0.29) is 21.9 Å². The molecule has 0 saturated carbocycles. The van der Waals surface area contributed by atoms with Gasteiger partial charge in [0.15, 0.2) is 0 Å². The number of nitrogens with one attached hydrogen (secondary N) is 1. The van der Waals surface area contributed by atoms with Gasteiger partial charge in [0.2, 0.25) is 0 Å². The average Bonchev–Trinajstić information content (AvgIpc) is 2.52. The first-order chi connectivity index (χ1) is 11.6. The molecule has 2 rings (SSSR count). The number of sulfonamides is 1. The Kier molecular flexibility index (Phi) is 5.12. The minimum Gasteiger partial charge on any atom is -0.258 e. The van der Waals surface area contributed by atoms with Crippen LogP contribution in [-0.4, -0.2) is 19.1 Å². The maximum Gasteiger partial charge on any atom is 0.276 e. The van der Waals surface area contributed by atoms with Crippen LogP contribution in [0.15, 0.2) is 46.4 Å². The molecule has 0 saturated heterocycles. The van der Waals surface area contributed by atoms with Crippen molar-refractivity contribution in [2.75, 3.05) is 0 Å². The van der Waals surface area contributed by atoms with Gasteiger partial charge in [-0.15, -0.1) is 0 Å². The van der Waals surface area contributed by atoms with Crippen LogP contribution in [0.3, 0.4) is 0 Å². The van der Waals surface area contributed by atoms with E-state index in [0.29, 0.717) is 11.6 Å². The first-order valence-corrected chi connectivity index (χ1v) is 8.36. The number of hydrogen-bond acceptors (Lipinski definition) is 5. The van der Waals surface area contributed by atoms with Crippen LogP contribution in [0.5, 0.6) is 0 Å². The Balaban J connectivity index is 2.32. The molecule has 10 heteroatoms. The number of rotatable bonds is 5. The average molecular weight is 369 g/mol. The molecule has 25 heavy (non-hydrogen) atoms. The summed E-state index contributed by atoms with van der Waals surface area (Å²) in [5.41, 5.74) is -0.174. The second-order valence-corrected chi connectivity index (χ2v) is 6.78. The van der Waals surface area contributed by atoms with Gasteiger partial charge in [-0.2, -0.15) is 18.4 Å². The van der Waals surface area contributed by atoms with Gasteiger partial charge in [0.1, 0.15) is 11.6 Å². The van der Waals surface area contributed by atoms with Gasteiger partial charge in [-0.1, -0.05) is 6.07 Å². The van der Waals surface area contributed by atoms with Crippen molar-refractivity contribution in [3.63, 3.8) is 0 Å². The number of halogens is 2. The Labute approximate surface area is 142 Å². The number of hydrazone groups is 1. The Morgan fingerprint density at radius 1 is 1.20 bits per heavy atom. The number of benzene rings is 2. The first kappa shape index (κ1) is 18.5. The van der Waals surface area contributed by atoms with E-state index < -0.39 is 26.6 Å². The highest BCUT2D eigenvalue weighted by Crippen LogP contribution is 2.22. The molecule has 0 aliphatic heterocycles. The van der Waals surface area contributed by atoms with Gasteiger partial charge in [0.25, 0.3) is 15.7 Å². The summed E-state index contributed by atoms with van der Waals surface area (Å²) in [7, 11) is -4.20. The Morgan fingerprint density at radius 3 is 2.48 bits per heavy atom. The summed E-state index contributed by atoms with van der Waals surface area (Å²) in [4.78, 5) is 11.7. The van der Waals surface area contributed by atoms with Crippen molar-refractivity contribution < 1.29 is 22.1 Å². The summed E-state index contributed by atoms with van der Waals surface area (Å²) in [5.74, 6) is -1.67. The Hall–Kier alpha value is -2.88. The molecule has 0 atom stereocenters. The van der Waals surface area contributed by atoms with Crippen LogP contribution < -0.4 is 4.83 Å². The fourth-order valence-corrected chi connectivity index (χ4v) is 2.85. The number of nitrogens with zero attached hydrogens (tertiary/aromatic N) is 2. The molecule has 0 aromatic heterocycles. The molecule has 2 aromatic carbocycles. The van der Waals surface area contributed by atoms with Crippen LogP contribution in [0.2, 0.25) is 0 Å². The number of nitro benzene ring substituents is 1. The highest BCUT2D eigenvalue weighted by molar-refractivity contribution is 7.89. The van der Waals surface area contributed by atoms with E-state index >= 15 is 0 Å². The lowest BCUT2D eigenvalue weighted by atomic mass is 10.1. The van der Waals surface area contributed by atoms with Crippen molar-refractivity contribution in [2.24, 2.45) is 5.10 Å². The van der Waals surface area contributed by atoms with Crippen LogP contribution in [0.25, 0.3) is 0 Å². The molecule has 0 aliphatic carbocycles. The molecule has 0 radical (unpaired) electrons. The van der Waals surface area contributed by atoms with Crippen molar-refractivity contribution in [2.45, 2.75) is 18.7 Å². The summed E-state index contributed by atoms with van der Waals surface area (Å²) in [6, 6.07) is 6.16. The molecule has 2 aromatic rings. The van der Waals surface area contributed by atoms with E-state index in [9.17, 15) is 27.3 Å². The molecule has 0 heterocycles. The monoisotopic (exact) mass is 369 g/mol. The lowest BCUT2D eigenvalue weighted by Gasteiger charge is -2.07. The summed E-state index contributed by atoms with van der Waals surface area (Å²) < 4.78 is 51.0.